The molecule has 1 atom stereocenters. The van der Waals surface area contributed by atoms with E-state index in [4.69, 9.17) is 0 Å². The highest BCUT2D eigenvalue weighted by molar-refractivity contribution is 6.05. The van der Waals surface area contributed by atoms with Gasteiger partial charge in [0, 0.05) is 6.04 Å². The van der Waals surface area contributed by atoms with Gasteiger partial charge >= 0.3 is 0 Å². The molecule has 2 aliphatic rings. The molecule has 4 heteroatoms. The number of amides is 2. The Morgan fingerprint density at radius 1 is 1.14 bits per heavy atom. The Morgan fingerprint density at radius 2 is 1.79 bits per heavy atom. The molecule has 1 N–H and O–H groups in total. The first-order chi connectivity index (χ1) is 6.70. The van der Waals surface area contributed by atoms with Crippen LogP contribution in [0.25, 0.3) is 0 Å². The molecule has 1 heterocycles. The fraction of sp³-hybridized carbons (Fsp3) is 0.800. The van der Waals surface area contributed by atoms with Crippen molar-refractivity contribution in [1.82, 2.24) is 4.90 Å². The highest BCUT2D eigenvalue weighted by atomic mass is 16.3. The van der Waals surface area contributed by atoms with Gasteiger partial charge in [0.1, 0.15) is 6.10 Å². The van der Waals surface area contributed by atoms with E-state index in [9.17, 15) is 14.7 Å². The molecule has 0 bridgehead atoms. The molecule has 1 aliphatic heterocycles. The topological polar surface area (TPSA) is 57.6 Å². The maximum atomic E-state index is 11.5. The lowest BCUT2D eigenvalue weighted by molar-refractivity contribution is -0.144. The standard InChI is InChI=1S/C10H15NO3/c12-8-6-9(13)11(10(8)14)7-4-2-1-3-5-7/h7-8,12H,1-6H2/t8-/m1/s1. The van der Waals surface area contributed by atoms with Crippen molar-refractivity contribution >= 4 is 11.8 Å². The van der Waals surface area contributed by atoms with Crippen LogP contribution in [0.1, 0.15) is 38.5 Å². The summed E-state index contributed by atoms with van der Waals surface area (Å²) in [6.07, 6.45) is 4.07. The van der Waals surface area contributed by atoms with Gasteiger partial charge in [0.05, 0.1) is 6.42 Å². The molecule has 0 spiro atoms. The third-order valence-corrected chi connectivity index (χ3v) is 3.10. The summed E-state index contributed by atoms with van der Waals surface area (Å²) in [5.41, 5.74) is 0. The summed E-state index contributed by atoms with van der Waals surface area (Å²) < 4.78 is 0. The van der Waals surface area contributed by atoms with E-state index in [-0.39, 0.29) is 24.3 Å². The number of rotatable bonds is 1. The molecule has 14 heavy (non-hydrogen) atoms. The van der Waals surface area contributed by atoms with Gasteiger partial charge in [0.15, 0.2) is 0 Å². The van der Waals surface area contributed by atoms with Crippen LogP contribution in [0.3, 0.4) is 0 Å². The van der Waals surface area contributed by atoms with Crippen molar-refractivity contribution in [1.29, 1.82) is 0 Å². The molecule has 0 aromatic rings. The molecular weight excluding hydrogens is 182 g/mol. The number of carbonyl (C=O) groups is 2. The average molecular weight is 197 g/mol. The van der Waals surface area contributed by atoms with Gasteiger partial charge in [-0.2, -0.15) is 0 Å². The van der Waals surface area contributed by atoms with Gasteiger partial charge < -0.3 is 5.11 Å². The second-order valence-electron chi connectivity index (χ2n) is 4.11. The Kier molecular flexibility index (Phi) is 2.54. The molecule has 2 amide bonds. The van der Waals surface area contributed by atoms with Crippen LogP contribution in [0.2, 0.25) is 0 Å². The molecule has 0 aromatic carbocycles. The number of aliphatic hydroxyl groups excluding tert-OH is 1. The molecule has 2 rings (SSSR count). The normalized spacial score (nSPS) is 30.1. The number of hydrogen-bond acceptors (Lipinski definition) is 3. The number of nitrogens with zero attached hydrogens (tertiary/aromatic N) is 1. The van der Waals surface area contributed by atoms with Crippen molar-refractivity contribution in [2.45, 2.75) is 50.7 Å². The van der Waals surface area contributed by atoms with Gasteiger partial charge in [0.25, 0.3) is 5.91 Å². The minimum absolute atomic E-state index is 0.0185. The summed E-state index contributed by atoms with van der Waals surface area (Å²) >= 11 is 0. The van der Waals surface area contributed by atoms with Crippen LogP contribution in [0.15, 0.2) is 0 Å². The fourth-order valence-electron chi connectivity index (χ4n) is 2.36. The van der Waals surface area contributed by atoms with E-state index in [0.29, 0.717) is 0 Å². The fourth-order valence-corrected chi connectivity index (χ4v) is 2.36. The molecule has 78 valence electrons. The predicted octanol–water partition coefficient (Wildman–Crippen LogP) is 0.439. The number of hydrogen-bond donors (Lipinski definition) is 1. The van der Waals surface area contributed by atoms with Gasteiger partial charge in [-0.25, -0.2) is 0 Å². The molecule has 0 aromatic heterocycles. The zero-order chi connectivity index (χ0) is 10.1. The Hall–Kier alpha value is -0.900. The van der Waals surface area contributed by atoms with Crippen LogP contribution in [0, 0.1) is 0 Å². The number of likely N-dealkylation sites (tertiary alicyclic amines) is 1. The minimum atomic E-state index is -1.08. The lowest BCUT2D eigenvalue weighted by atomic mass is 9.94. The summed E-state index contributed by atoms with van der Waals surface area (Å²) in [6, 6.07) is 0.0564. The van der Waals surface area contributed by atoms with E-state index in [1.165, 1.54) is 11.3 Å². The van der Waals surface area contributed by atoms with Gasteiger partial charge in [-0.1, -0.05) is 19.3 Å². The quantitative estimate of drug-likeness (QED) is 0.620. The van der Waals surface area contributed by atoms with Crippen LogP contribution in [0.4, 0.5) is 0 Å². The summed E-state index contributed by atoms with van der Waals surface area (Å²) in [7, 11) is 0. The van der Waals surface area contributed by atoms with Gasteiger partial charge in [-0.15, -0.1) is 0 Å². The van der Waals surface area contributed by atoms with Crippen molar-refractivity contribution in [3.05, 3.63) is 0 Å². The number of carbonyl (C=O) groups excluding carboxylic acids is 2. The lowest BCUT2D eigenvalue weighted by Crippen LogP contribution is -2.42. The van der Waals surface area contributed by atoms with Crippen molar-refractivity contribution in [2.75, 3.05) is 0 Å². The van der Waals surface area contributed by atoms with Crippen molar-refractivity contribution in [2.24, 2.45) is 0 Å². The summed E-state index contributed by atoms with van der Waals surface area (Å²) in [4.78, 5) is 24.2. The zero-order valence-corrected chi connectivity index (χ0v) is 8.11. The molecule has 0 unspecified atom stereocenters. The predicted molar refractivity (Wildman–Crippen MR) is 49.3 cm³/mol. The Morgan fingerprint density at radius 3 is 2.29 bits per heavy atom. The Bertz CT molecular complexity index is 258. The van der Waals surface area contributed by atoms with Crippen LogP contribution in [-0.2, 0) is 9.59 Å². The van der Waals surface area contributed by atoms with Crippen LogP contribution in [-0.4, -0.2) is 34.0 Å². The number of imide groups is 1. The Labute approximate surface area is 82.9 Å². The molecular formula is C10H15NO3. The maximum absolute atomic E-state index is 11.5. The van der Waals surface area contributed by atoms with Crippen LogP contribution in [0.5, 0.6) is 0 Å². The lowest BCUT2D eigenvalue weighted by Gasteiger charge is -2.29. The van der Waals surface area contributed by atoms with Gasteiger partial charge in [-0.3, -0.25) is 14.5 Å². The van der Waals surface area contributed by atoms with Crippen molar-refractivity contribution in [3.8, 4) is 0 Å². The third kappa shape index (κ3) is 1.54. The van der Waals surface area contributed by atoms with E-state index in [2.05, 4.69) is 0 Å². The summed E-state index contributed by atoms with van der Waals surface area (Å²) in [6.45, 7) is 0. The van der Waals surface area contributed by atoms with Crippen molar-refractivity contribution < 1.29 is 14.7 Å². The highest BCUT2D eigenvalue weighted by Gasteiger charge is 2.41. The first-order valence-corrected chi connectivity index (χ1v) is 5.24. The van der Waals surface area contributed by atoms with Gasteiger partial charge in [0.2, 0.25) is 5.91 Å². The molecule has 1 saturated heterocycles. The summed E-state index contributed by atoms with van der Waals surface area (Å²) in [5, 5.41) is 9.26. The molecule has 4 nitrogen and oxygen atoms in total. The second-order valence-corrected chi connectivity index (χ2v) is 4.11. The monoisotopic (exact) mass is 197 g/mol. The van der Waals surface area contributed by atoms with E-state index in [0.717, 1.165) is 25.7 Å². The smallest absolute Gasteiger partial charge is 0.258 e. The molecule has 1 aliphatic carbocycles. The average Bonchev–Trinajstić information content (AvgIpc) is 2.43. The minimum Gasteiger partial charge on any atom is -0.383 e. The van der Waals surface area contributed by atoms with E-state index in [1.807, 2.05) is 0 Å². The first-order valence-electron chi connectivity index (χ1n) is 5.24. The second kappa shape index (κ2) is 3.69. The number of aliphatic hydroxyl groups is 1. The largest absolute Gasteiger partial charge is 0.383 e. The van der Waals surface area contributed by atoms with E-state index < -0.39 is 6.10 Å². The molecule has 1 saturated carbocycles. The highest BCUT2D eigenvalue weighted by Crippen LogP contribution is 2.26. The van der Waals surface area contributed by atoms with Gasteiger partial charge in [-0.05, 0) is 12.8 Å². The molecule has 2 fully saturated rings. The van der Waals surface area contributed by atoms with Crippen molar-refractivity contribution in [3.63, 3.8) is 0 Å². The van der Waals surface area contributed by atoms with Crippen LogP contribution >= 0.6 is 0 Å². The zero-order valence-electron chi connectivity index (χ0n) is 8.11. The summed E-state index contributed by atoms with van der Waals surface area (Å²) in [5.74, 6) is -0.587. The maximum Gasteiger partial charge on any atom is 0.258 e. The molecule has 0 radical (unpaired) electrons. The Balaban J connectivity index is 2.08. The van der Waals surface area contributed by atoms with Crippen LogP contribution < -0.4 is 0 Å². The third-order valence-electron chi connectivity index (χ3n) is 3.10. The van der Waals surface area contributed by atoms with E-state index in [1.54, 1.807) is 0 Å². The first kappa shape index (κ1) is 9.65. The SMILES string of the molecule is O=C1C[C@@H](O)C(=O)N1C1CCCCC1. The van der Waals surface area contributed by atoms with E-state index >= 15 is 0 Å².